The fourth-order valence-corrected chi connectivity index (χ4v) is 3.33. The molecule has 1 amide bonds. The van der Waals surface area contributed by atoms with Crippen molar-refractivity contribution in [1.82, 2.24) is 4.90 Å². The van der Waals surface area contributed by atoms with E-state index in [1.165, 1.54) is 5.56 Å². The molecule has 0 spiro atoms. The van der Waals surface area contributed by atoms with Crippen molar-refractivity contribution in [2.45, 2.75) is 25.2 Å². The minimum atomic E-state index is 0.231. The number of rotatable bonds is 4. The van der Waals surface area contributed by atoms with E-state index in [0.717, 1.165) is 37.2 Å². The van der Waals surface area contributed by atoms with Gasteiger partial charge in [0, 0.05) is 13.1 Å². The number of para-hydroxylation sites is 1. The molecule has 0 aromatic heterocycles. The third-order valence-electron chi connectivity index (χ3n) is 4.62. The molecule has 3 nitrogen and oxygen atoms in total. The average Bonchev–Trinajstić information content (AvgIpc) is 2.62. The molecule has 0 radical (unpaired) electrons. The van der Waals surface area contributed by atoms with E-state index in [-0.39, 0.29) is 5.91 Å². The minimum Gasteiger partial charge on any atom is -0.496 e. The molecule has 2 aromatic carbocycles. The molecule has 23 heavy (non-hydrogen) atoms. The molecule has 0 aliphatic carbocycles. The fraction of sp³-hybridized carbons (Fsp3) is 0.350. The maximum absolute atomic E-state index is 12.4. The summed E-state index contributed by atoms with van der Waals surface area (Å²) in [6.45, 7) is 1.66. The highest BCUT2D eigenvalue weighted by Gasteiger charge is 2.25. The number of ether oxygens (including phenoxy) is 1. The molecule has 0 unspecified atom stereocenters. The number of benzene rings is 2. The van der Waals surface area contributed by atoms with Crippen molar-refractivity contribution in [2.24, 2.45) is 0 Å². The zero-order valence-corrected chi connectivity index (χ0v) is 13.6. The van der Waals surface area contributed by atoms with Crippen LogP contribution in [0.5, 0.6) is 5.75 Å². The van der Waals surface area contributed by atoms with Crippen molar-refractivity contribution < 1.29 is 9.53 Å². The van der Waals surface area contributed by atoms with E-state index in [4.69, 9.17) is 4.74 Å². The van der Waals surface area contributed by atoms with E-state index < -0.39 is 0 Å². The summed E-state index contributed by atoms with van der Waals surface area (Å²) >= 11 is 0. The molecule has 0 N–H and O–H groups in total. The maximum Gasteiger partial charge on any atom is 0.226 e. The lowest BCUT2D eigenvalue weighted by molar-refractivity contribution is -0.131. The number of carbonyl (C=O) groups is 1. The first kappa shape index (κ1) is 15.6. The third kappa shape index (κ3) is 3.73. The van der Waals surface area contributed by atoms with Crippen LogP contribution in [0.15, 0.2) is 54.6 Å². The smallest absolute Gasteiger partial charge is 0.226 e. The molecular weight excluding hydrogens is 286 g/mol. The Morgan fingerprint density at radius 3 is 2.39 bits per heavy atom. The van der Waals surface area contributed by atoms with Gasteiger partial charge in [-0.1, -0.05) is 48.5 Å². The van der Waals surface area contributed by atoms with E-state index in [1.807, 2.05) is 47.4 Å². The molecule has 0 bridgehead atoms. The van der Waals surface area contributed by atoms with Gasteiger partial charge in [0.15, 0.2) is 0 Å². The van der Waals surface area contributed by atoms with Crippen LogP contribution in [-0.4, -0.2) is 31.0 Å². The predicted octanol–water partition coefficient (Wildman–Crippen LogP) is 3.64. The molecular formula is C20H23NO2. The first-order valence-corrected chi connectivity index (χ1v) is 8.22. The average molecular weight is 309 g/mol. The van der Waals surface area contributed by atoms with Gasteiger partial charge in [-0.05, 0) is 36.0 Å². The SMILES string of the molecule is COc1ccccc1C1CCN(C(=O)Cc2ccccc2)CC1. The standard InChI is InChI=1S/C20H23NO2/c1-23-19-10-6-5-9-18(19)17-11-13-21(14-12-17)20(22)15-16-7-3-2-4-8-16/h2-10,17H,11-15H2,1H3. The number of hydrogen-bond acceptors (Lipinski definition) is 2. The van der Waals surface area contributed by atoms with Crippen LogP contribution in [0.4, 0.5) is 0 Å². The maximum atomic E-state index is 12.4. The normalized spacial score (nSPS) is 15.4. The monoisotopic (exact) mass is 309 g/mol. The molecule has 1 saturated heterocycles. The van der Waals surface area contributed by atoms with Crippen molar-refractivity contribution in [3.05, 3.63) is 65.7 Å². The fourth-order valence-electron chi connectivity index (χ4n) is 3.33. The van der Waals surface area contributed by atoms with E-state index in [1.54, 1.807) is 7.11 Å². The largest absolute Gasteiger partial charge is 0.496 e. The van der Waals surface area contributed by atoms with E-state index in [9.17, 15) is 4.79 Å². The van der Waals surface area contributed by atoms with E-state index in [0.29, 0.717) is 12.3 Å². The molecule has 0 atom stereocenters. The third-order valence-corrected chi connectivity index (χ3v) is 4.62. The Hall–Kier alpha value is -2.29. The summed E-state index contributed by atoms with van der Waals surface area (Å²) in [6, 6.07) is 18.2. The van der Waals surface area contributed by atoms with Crippen LogP contribution in [0.25, 0.3) is 0 Å². The van der Waals surface area contributed by atoms with Crippen LogP contribution in [0.1, 0.15) is 29.9 Å². The molecule has 1 heterocycles. The number of carbonyl (C=O) groups excluding carboxylic acids is 1. The highest BCUT2D eigenvalue weighted by molar-refractivity contribution is 5.78. The Bertz CT molecular complexity index is 646. The van der Waals surface area contributed by atoms with Crippen LogP contribution < -0.4 is 4.74 Å². The first-order valence-electron chi connectivity index (χ1n) is 8.22. The molecule has 3 heteroatoms. The Kier molecular flexibility index (Phi) is 4.96. The lowest BCUT2D eigenvalue weighted by Crippen LogP contribution is -2.38. The number of methoxy groups -OCH3 is 1. The van der Waals surface area contributed by atoms with E-state index >= 15 is 0 Å². The Labute approximate surface area is 137 Å². The topological polar surface area (TPSA) is 29.5 Å². The van der Waals surface area contributed by atoms with Crippen LogP contribution in [0.2, 0.25) is 0 Å². The zero-order valence-electron chi connectivity index (χ0n) is 13.6. The second-order valence-corrected chi connectivity index (χ2v) is 6.06. The first-order chi connectivity index (χ1) is 11.3. The number of nitrogens with zero attached hydrogens (tertiary/aromatic N) is 1. The van der Waals surface area contributed by atoms with Crippen molar-refractivity contribution in [3.8, 4) is 5.75 Å². The molecule has 3 rings (SSSR count). The number of hydrogen-bond donors (Lipinski definition) is 0. The second kappa shape index (κ2) is 7.32. The molecule has 1 aliphatic heterocycles. The lowest BCUT2D eigenvalue weighted by Gasteiger charge is -2.33. The van der Waals surface area contributed by atoms with Crippen molar-refractivity contribution in [2.75, 3.05) is 20.2 Å². The predicted molar refractivity (Wildman–Crippen MR) is 91.7 cm³/mol. The molecule has 1 fully saturated rings. The summed E-state index contributed by atoms with van der Waals surface area (Å²) in [6.07, 6.45) is 2.50. The van der Waals surface area contributed by atoms with Gasteiger partial charge in [-0.15, -0.1) is 0 Å². The van der Waals surface area contributed by atoms with Crippen molar-refractivity contribution in [3.63, 3.8) is 0 Å². The number of piperidine rings is 1. The summed E-state index contributed by atoms with van der Waals surface area (Å²) in [4.78, 5) is 14.4. The number of amides is 1. The summed E-state index contributed by atoms with van der Waals surface area (Å²) in [5.74, 6) is 1.67. The van der Waals surface area contributed by atoms with Gasteiger partial charge in [-0.2, -0.15) is 0 Å². The number of likely N-dealkylation sites (tertiary alicyclic amines) is 1. The summed E-state index contributed by atoms with van der Waals surface area (Å²) in [5.41, 5.74) is 2.36. The molecule has 120 valence electrons. The minimum absolute atomic E-state index is 0.231. The van der Waals surface area contributed by atoms with Gasteiger partial charge in [0.2, 0.25) is 5.91 Å². The van der Waals surface area contributed by atoms with Crippen LogP contribution in [-0.2, 0) is 11.2 Å². The molecule has 2 aromatic rings. The van der Waals surface area contributed by atoms with Crippen LogP contribution in [0, 0.1) is 0 Å². The zero-order chi connectivity index (χ0) is 16.1. The summed E-state index contributed by atoms with van der Waals surface area (Å²) in [7, 11) is 1.72. The van der Waals surface area contributed by atoms with Gasteiger partial charge < -0.3 is 9.64 Å². The van der Waals surface area contributed by atoms with Crippen LogP contribution in [0.3, 0.4) is 0 Å². The molecule has 0 saturated carbocycles. The van der Waals surface area contributed by atoms with Gasteiger partial charge in [0.25, 0.3) is 0 Å². The van der Waals surface area contributed by atoms with Crippen molar-refractivity contribution in [1.29, 1.82) is 0 Å². The lowest BCUT2D eigenvalue weighted by atomic mass is 9.88. The Balaban J connectivity index is 1.59. The summed E-state index contributed by atoms with van der Waals surface area (Å²) < 4.78 is 5.47. The van der Waals surface area contributed by atoms with Gasteiger partial charge in [-0.3, -0.25) is 4.79 Å². The quantitative estimate of drug-likeness (QED) is 0.863. The van der Waals surface area contributed by atoms with Gasteiger partial charge in [-0.25, -0.2) is 0 Å². The van der Waals surface area contributed by atoms with Crippen molar-refractivity contribution >= 4 is 5.91 Å². The Morgan fingerprint density at radius 2 is 1.70 bits per heavy atom. The van der Waals surface area contributed by atoms with E-state index in [2.05, 4.69) is 12.1 Å². The second-order valence-electron chi connectivity index (χ2n) is 6.06. The van der Waals surface area contributed by atoms with Gasteiger partial charge >= 0.3 is 0 Å². The molecule has 1 aliphatic rings. The Morgan fingerprint density at radius 1 is 1.04 bits per heavy atom. The van der Waals surface area contributed by atoms with Gasteiger partial charge in [0.05, 0.1) is 13.5 Å². The highest BCUT2D eigenvalue weighted by Crippen LogP contribution is 2.34. The summed E-state index contributed by atoms with van der Waals surface area (Å²) in [5, 5.41) is 0. The highest BCUT2D eigenvalue weighted by atomic mass is 16.5. The van der Waals surface area contributed by atoms with Crippen LogP contribution >= 0.6 is 0 Å². The van der Waals surface area contributed by atoms with Gasteiger partial charge in [0.1, 0.15) is 5.75 Å².